The highest BCUT2D eigenvalue weighted by atomic mass is 32.2. The number of thioether (sulfide) groups is 1. The molecule has 1 aromatic rings. The van der Waals surface area contributed by atoms with E-state index in [0.29, 0.717) is 24.7 Å². The van der Waals surface area contributed by atoms with Gasteiger partial charge in [-0.05, 0) is 24.0 Å². The number of ether oxygens (including phenoxy) is 2. The van der Waals surface area contributed by atoms with Crippen LogP contribution in [-0.2, 0) is 11.2 Å². The van der Waals surface area contributed by atoms with E-state index in [-0.39, 0.29) is 6.42 Å². The summed E-state index contributed by atoms with van der Waals surface area (Å²) in [5.74, 6) is 0.497. The summed E-state index contributed by atoms with van der Waals surface area (Å²) in [4.78, 5) is 11.6. The molecule has 0 fully saturated rings. The van der Waals surface area contributed by atoms with Gasteiger partial charge in [-0.15, -0.1) is 11.8 Å². The van der Waals surface area contributed by atoms with Crippen molar-refractivity contribution in [3.8, 4) is 11.5 Å². The van der Waals surface area contributed by atoms with E-state index in [1.54, 1.807) is 6.07 Å². The van der Waals surface area contributed by atoms with E-state index in [1.807, 2.05) is 12.3 Å². The van der Waals surface area contributed by atoms with Crippen LogP contribution in [0.1, 0.15) is 5.56 Å². The second-order valence-corrected chi connectivity index (χ2v) is 4.23. The zero-order valence-corrected chi connectivity index (χ0v) is 9.67. The number of carboxylic acid groups (broad SMARTS) is 1. The minimum Gasteiger partial charge on any atom is -0.486 e. The lowest BCUT2D eigenvalue weighted by Gasteiger charge is -2.20. The smallest absolute Gasteiger partial charge is 0.307 e. The fraction of sp³-hybridized carbons (Fsp3) is 0.364. The van der Waals surface area contributed by atoms with Crippen LogP contribution in [0.3, 0.4) is 0 Å². The van der Waals surface area contributed by atoms with Gasteiger partial charge in [0.25, 0.3) is 0 Å². The summed E-state index contributed by atoms with van der Waals surface area (Å²) in [5.41, 5.74) is 0.768. The van der Waals surface area contributed by atoms with E-state index in [9.17, 15) is 4.79 Å². The highest BCUT2D eigenvalue weighted by Crippen LogP contribution is 2.36. The molecule has 0 saturated heterocycles. The molecule has 0 aromatic heterocycles. The molecule has 1 aliphatic heterocycles. The molecule has 1 heterocycles. The summed E-state index contributed by atoms with van der Waals surface area (Å²) in [6.45, 7) is 1.05. The van der Waals surface area contributed by atoms with Crippen LogP contribution in [0.5, 0.6) is 11.5 Å². The first kappa shape index (κ1) is 11.1. The van der Waals surface area contributed by atoms with E-state index < -0.39 is 5.97 Å². The summed E-state index contributed by atoms with van der Waals surface area (Å²) in [7, 11) is 0. The summed E-state index contributed by atoms with van der Waals surface area (Å²) >= 11 is 1.51. The minimum atomic E-state index is -0.841. The van der Waals surface area contributed by atoms with Crippen molar-refractivity contribution in [2.24, 2.45) is 0 Å². The predicted octanol–water partition coefficient (Wildman–Crippen LogP) is 1.81. The molecule has 1 N–H and O–H groups in total. The van der Waals surface area contributed by atoms with Crippen LogP contribution in [-0.4, -0.2) is 30.5 Å². The van der Waals surface area contributed by atoms with Crippen molar-refractivity contribution in [2.75, 3.05) is 19.5 Å². The standard InChI is InChI=1S/C11H12O4S/c1-16-10-6-9-8(14-2-3-15-9)4-7(10)5-11(12)13/h4,6H,2-3,5H2,1H3,(H,12,13). The van der Waals surface area contributed by atoms with Crippen molar-refractivity contribution in [3.63, 3.8) is 0 Å². The zero-order valence-electron chi connectivity index (χ0n) is 8.86. The zero-order chi connectivity index (χ0) is 11.5. The number of fused-ring (bicyclic) bond motifs is 1. The second-order valence-electron chi connectivity index (χ2n) is 3.38. The van der Waals surface area contributed by atoms with E-state index in [4.69, 9.17) is 14.6 Å². The summed E-state index contributed by atoms with van der Waals surface area (Å²) in [6, 6.07) is 3.60. The SMILES string of the molecule is CSc1cc2c(cc1CC(=O)O)OCCO2. The molecule has 86 valence electrons. The Morgan fingerprint density at radius 2 is 2.00 bits per heavy atom. The Balaban J connectivity index is 2.39. The molecule has 1 aliphatic rings. The summed E-state index contributed by atoms with van der Waals surface area (Å²) in [6.07, 6.45) is 1.92. The topological polar surface area (TPSA) is 55.8 Å². The van der Waals surface area contributed by atoms with Gasteiger partial charge >= 0.3 is 5.97 Å². The van der Waals surface area contributed by atoms with Gasteiger partial charge in [0.2, 0.25) is 0 Å². The number of hydrogen-bond donors (Lipinski definition) is 1. The Kier molecular flexibility index (Phi) is 3.24. The first-order valence-electron chi connectivity index (χ1n) is 4.89. The van der Waals surface area contributed by atoms with Crippen molar-refractivity contribution < 1.29 is 19.4 Å². The predicted molar refractivity (Wildman–Crippen MR) is 60.6 cm³/mol. The van der Waals surface area contributed by atoms with Gasteiger partial charge in [0.05, 0.1) is 6.42 Å². The van der Waals surface area contributed by atoms with Crippen LogP contribution >= 0.6 is 11.8 Å². The van der Waals surface area contributed by atoms with Gasteiger partial charge in [-0.3, -0.25) is 4.79 Å². The molecule has 5 heteroatoms. The van der Waals surface area contributed by atoms with Gasteiger partial charge in [-0.1, -0.05) is 0 Å². The van der Waals surface area contributed by atoms with Gasteiger partial charge in [0.1, 0.15) is 13.2 Å². The van der Waals surface area contributed by atoms with Crippen molar-refractivity contribution in [1.29, 1.82) is 0 Å². The van der Waals surface area contributed by atoms with Crippen molar-refractivity contribution >= 4 is 17.7 Å². The van der Waals surface area contributed by atoms with Gasteiger partial charge in [-0.25, -0.2) is 0 Å². The summed E-state index contributed by atoms with van der Waals surface area (Å²) in [5, 5.41) is 8.81. The van der Waals surface area contributed by atoms with E-state index >= 15 is 0 Å². The van der Waals surface area contributed by atoms with E-state index in [2.05, 4.69) is 0 Å². The minimum absolute atomic E-state index is 0.00676. The molecule has 0 saturated carbocycles. The Morgan fingerprint density at radius 1 is 1.38 bits per heavy atom. The molecular formula is C11H12O4S. The third-order valence-corrected chi connectivity index (χ3v) is 3.11. The first-order chi connectivity index (χ1) is 7.70. The fourth-order valence-electron chi connectivity index (χ4n) is 1.60. The average Bonchev–Trinajstić information content (AvgIpc) is 2.27. The largest absolute Gasteiger partial charge is 0.486 e. The lowest BCUT2D eigenvalue weighted by molar-refractivity contribution is -0.136. The van der Waals surface area contributed by atoms with E-state index in [1.165, 1.54) is 11.8 Å². The van der Waals surface area contributed by atoms with Crippen LogP contribution in [0.4, 0.5) is 0 Å². The lowest BCUT2D eigenvalue weighted by Crippen LogP contribution is -2.16. The molecule has 4 nitrogen and oxygen atoms in total. The molecule has 2 rings (SSSR count). The second kappa shape index (κ2) is 4.65. The van der Waals surface area contributed by atoms with Crippen molar-refractivity contribution in [1.82, 2.24) is 0 Å². The highest BCUT2D eigenvalue weighted by Gasteiger charge is 2.16. The van der Waals surface area contributed by atoms with Crippen molar-refractivity contribution in [2.45, 2.75) is 11.3 Å². The molecule has 0 atom stereocenters. The molecular weight excluding hydrogens is 228 g/mol. The molecule has 0 amide bonds. The monoisotopic (exact) mass is 240 g/mol. The average molecular weight is 240 g/mol. The molecule has 0 aliphatic carbocycles. The first-order valence-corrected chi connectivity index (χ1v) is 6.11. The third-order valence-electron chi connectivity index (χ3n) is 2.29. The van der Waals surface area contributed by atoms with Crippen LogP contribution in [0, 0.1) is 0 Å². The maximum atomic E-state index is 10.7. The van der Waals surface area contributed by atoms with Gasteiger partial charge < -0.3 is 14.6 Å². The maximum absolute atomic E-state index is 10.7. The maximum Gasteiger partial charge on any atom is 0.307 e. The fourth-order valence-corrected chi connectivity index (χ4v) is 2.22. The van der Waals surface area contributed by atoms with Crippen LogP contribution in [0.2, 0.25) is 0 Å². The Morgan fingerprint density at radius 3 is 2.56 bits per heavy atom. The van der Waals surface area contributed by atoms with Crippen LogP contribution in [0.15, 0.2) is 17.0 Å². The number of carboxylic acids is 1. The quantitative estimate of drug-likeness (QED) is 0.816. The lowest BCUT2D eigenvalue weighted by atomic mass is 10.1. The normalized spacial score (nSPS) is 13.6. The van der Waals surface area contributed by atoms with Gasteiger partial charge in [0.15, 0.2) is 11.5 Å². The van der Waals surface area contributed by atoms with Gasteiger partial charge in [-0.2, -0.15) is 0 Å². The Labute approximate surface area is 97.6 Å². The molecule has 0 unspecified atom stereocenters. The van der Waals surface area contributed by atoms with Gasteiger partial charge in [0, 0.05) is 4.90 Å². The number of hydrogen-bond acceptors (Lipinski definition) is 4. The molecule has 16 heavy (non-hydrogen) atoms. The number of aliphatic carboxylic acids is 1. The highest BCUT2D eigenvalue weighted by molar-refractivity contribution is 7.98. The molecule has 0 bridgehead atoms. The molecule has 0 spiro atoms. The molecule has 0 radical (unpaired) electrons. The van der Waals surface area contributed by atoms with Crippen LogP contribution < -0.4 is 9.47 Å². The Bertz CT molecular complexity index is 417. The van der Waals surface area contributed by atoms with E-state index in [0.717, 1.165) is 10.5 Å². The van der Waals surface area contributed by atoms with Crippen molar-refractivity contribution in [3.05, 3.63) is 17.7 Å². The number of rotatable bonds is 3. The summed E-state index contributed by atoms with van der Waals surface area (Å²) < 4.78 is 10.9. The number of carbonyl (C=O) groups is 1. The molecule has 1 aromatic carbocycles. The number of benzene rings is 1. The van der Waals surface area contributed by atoms with Crippen LogP contribution in [0.25, 0.3) is 0 Å². The third kappa shape index (κ3) is 2.24. The Hall–Kier alpha value is -1.36.